The Bertz CT molecular complexity index is 687. The number of sulfonamides is 1. The van der Waals surface area contributed by atoms with E-state index >= 15 is 0 Å². The summed E-state index contributed by atoms with van der Waals surface area (Å²) in [6.45, 7) is 0. The van der Waals surface area contributed by atoms with Crippen molar-refractivity contribution in [2.24, 2.45) is 0 Å². The highest BCUT2D eigenvalue weighted by Gasteiger charge is 2.19. The van der Waals surface area contributed by atoms with Crippen LogP contribution in [0.3, 0.4) is 0 Å². The van der Waals surface area contributed by atoms with Gasteiger partial charge in [0.2, 0.25) is 0 Å². The van der Waals surface area contributed by atoms with Gasteiger partial charge in [0.05, 0.1) is 5.69 Å². The minimum absolute atomic E-state index is 0.356. The van der Waals surface area contributed by atoms with Gasteiger partial charge in [0.1, 0.15) is 10.7 Å². The maximum Gasteiger partial charge on any atom is 0.264 e. The van der Waals surface area contributed by atoms with Gasteiger partial charge in [-0.2, -0.15) is 0 Å². The molecule has 0 amide bonds. The number of benzene rings is 2. The molecule has 0 aliphatic heterocycles. The van der Waals surface area contributed by atoms with Gasteiger partial charge in [-0.1, -0.05) is 24.3 Å². The zero-order valence-electron chi connectivity index (χ0n) is 10.1. The van der Waals surface area contributed by atoms with E-state index in [2.05, 4.69) is 4.72 Å². The van der Waals surface area contributed by atoms with E-state index < -0.39 is 15.8 Å². The number of anilines is 1. The molecule has 1 N–H and O–H groups in total. The highest BCUT2D eigenvalue weighted by atomic mass is 32.2. The van der Waals surface area contributed by atoms with Crippen LogP contribution in [0.5, 0.6) is 0 Å². The van der Waals surface area contributed by atoms with Crippen molar-refractivity contribution < 1.29 is 12.8 Å². The number of thioether (sulfide) groups is 1. The average Bonchev–Trinajstić information content (AvgIpc) is 2.39. The second kappa shape index (κ2) is 5.63. The molecule has 19 heavy (non-hydrogen) atoms. The third-order valence-corrected chi connectivity index (χ3v) is 4.67. The molecule has 0 aliphatic rings. The van der Waals surface area contributed by atoms with Crippen LogP contribution in [0.1, 0.15) is 0 Å². The number of halogens is 1. The molecule has 6 heteroatoms. The van der Waals surface area contributed by atoms with Crippen LogP contribution >= 0.6 is 11.8 Å². The number of rotatable bonds is 4. The third-order valence-electron chi connectivity index (χ3n) is 2.48. The molecule has 0 fully saturated rings. The molecule has 2 aromatic rings. The standard InChI is InChI=1S/C13H12FNO2S2/c1-18-12-8-4-3-7-11(12)15-19(16,17)13-9-5-2-6-10(13)14/h2-9,15H,1H3. The number of hydrogen-bond donors (Lipinski definition) is 1. The van der Waals surface area contributed by atoms with E-state index in [0.29, 0.717) is 5.69 Å². The molecule has 0 atom stereocenters. The molecule has 0 heterocycles. The highest BCUT2D eigenvalue weighted by molar-refractivity contribution is 7.99. The molecule has 3 nitrogen and oxygen atoms in total. The Hall–Kier alpha value is -1.53. The monoisotopic (exact) mass is 297 g/mol. The number of para-hydroxylation sites is 1. The zero-order valence-corrected chi connectivity index (χ0v) is 11.8. The largest absolute Gasteiger partial charge is 0.278 e. The fourth-order valence-electron chi connectivity index (χ4n) is 1.59. The highest BCUT2D eigenvalue weighted by Crippen LogP contribution is 2.27. The zero-order chi connectivity index (χ0) is 13.9. The van der Waals surface area contributed by atoms with Crippen molar-refractivity contribution in [2.75, 3.05) is 11.0 Å². The van der Waals surface area contributed by atoms with E-state index in [1.807, 2.05) is 12.3 Å². The normalized spacial score (nSPS) is 11.3. The SMILES string of the molecule is CSc1ccccc1NS(=O)(=O)c1ccccc1F. The van der Waals surface area contributed by atoms with Crippen molar-refractivity contribution in [3.8, 4) is 0 Å². The fraction of sp³-hybridized carbons (Fsp3) is 0.0769. The number of nitrogens with one attached hydrogen (secondary N) is 1. The summed E-state index contributed by atoms with van der Waals surface area (Å²) in [4.78, 5) is 0.424. The maximum atomic E-state index is 13.5. The van der Waals surface area contributed by atoms with E-state index in [0.717, 1.165) is 11.0 Å². The van der Waals surface area contributed by atoms with Crippen LogP contribution in [-0.4, -0.2) is 14.7 Å². The van der Waals surface area contributed by atoms with E-state index in [-0.39, 0.29) is 4.90 Å². The van der Waals surface area contributed by atoms with Crippen molar-refractivity contribution in [3.05, 3.63) is 54.3 Å². The molecule has 0 saturated heterocycles. The lowest BCUT2D eigenvalue weighted by atomic mass is 10.3. The summed E-state index contributed by atoms with van der Waals surface area (Å²) in [6.07, 6.45) is 1.84. The van der Waals surface area contributed by atoms with Gasteiger partial charge in [-0.3, -0.25) is 4.72 Å². The summed E-state index contributed by atoms with van der Waals surface area (Å²) < 4.78 is 40.2. The second-order valence-corrected chi connectivity index (χ2v) is 6.24. The van der Waals surface area contributed by atoms with E-state index in [1.54, 1.807) is 18.2 Å². The molecule has 100 valence electrons. The van der Waals surface area contributed by atoms with Gasteiger partial charge in [0.25, 0.3) is 10.0 Å². The molecule has 0 unspecified atom stereocenters. The first-order valence-electron chi connectivity index (χ1n) is 5.45. The lowest BCUT2D eigenvalue weighted by Gasteiger charge is -2.11. The second-order valence-electron chi connectivity index (χ2n) is 3.74. The molecule has 0 aliphatic carbocycles. The third kappa shape index (κ3) is 3.08. The molecular formula is C13H12FNO2S2. The topological polar surface area (TPSA) is 46.2 Å². The van der Waals surface area contributed by atoms with Gasteiger partial charge in [0, 0.05) is 4.90 Å². The Balaban J connectivity index is 2.40. The fourth-order valence-corrected chi connectivity index (χ4v) is 3.37. The Kier molecular flexibility index (Phi) is 4.11. The average molecular weight is 297 g/mol. The van der Waals surface area contributed by atoms with Crippen LogP contribution in [0, 0.1) is 5.82 Å². The lowest BCUT2D eigenvalue weighted by Crippen LogP contribution is -2.15. The molecule has 0 radical (unpaired) electrons. The predicted octanol–water partition coefficient (Wildman–Crippen LogP) is 3.35. The molecule has 2 rings (SSSR count). The van der Waals surface area contributed by atoms with Crippen LogP contribution in [0.2, 0.25) is 0 Å². The van der Waals surface area contributed by atoms with Crippen molar-refractivity contribution in [1.29, 1.82) is 0 Å². The van der Waals surface area contributed by atoms with E-state index in [9.17, 15) is 12.8 Å². The van der Waals surface area contributed by atoms with Gasteiger partial charge in [-0.05, 0) is 30.5 Å². The maximum absolute atomic E-state index is 13.5. The summed E-state index contributed by atoms with van der Waals surface area (Å²) in [5, 5.41) is 0. The van der Waals surface area contributed by atoms with Crippen molar-refractivity contribution in [3.63, 3.8) is 0 Å². The van der Waals surface area contributed by atoms with Crippen LogP contribution in [0.25, 0.3) is 0 Å². The quantitative estimate of drug-likeness (QED) is 0.880. The summed E-state index contributed by atoms with van der Waals surface area (Å²) in [6, 6.07) is 12.3. The van der Waals surface area contributed by atoms with Gasteiger partial charge in [0.15, 0.2) is 0 Å². The molecular weight excluding hydrogens is 285 g/mol. The molecule has 0 spiro atoms. The van der Waals surface area contributed by atoms with Crippen molar-refractivity contribution in [2.45, 2.75) is 9.79 Å². The van der Waals surface area contributed by atoms with Crippen LogP contribution in [0.15, 0.2) is 58.3 Å². The van der Waals surface area contributed by atoms with E-state index in [1.165, 1.54) is 30.0 Å². The van der Waals surface area contributed by atoms with Crippen molar-refractivity contribution >= 4 is 27.5 Å². The van der Waals surface area contributed by atoms with Crippen LogP contribution in [-0.2, 0) is 10.0 Å². The van der Waals surface area contributed by atoms with Gasteiger partial charge in [-0.15, -0.1) is 11.8 Å². The van der Waals surface area contributed by atoms with Crippen molar-refractivity contribution in [1.82, 2.24) is 0 Å². The Labute approximate surface area is 115 Å². The van der Waals surface area contributed by atoms with Crippen LogP contribution < -0.4 is 4.72 Å². The van der Waals surface area contributed by atoms with Gasteiger partial charge >= 0.3 is 0 Å². The molecule has 0 saturated carbocycles. The first-order valence-corrected chi connectivity index (χ1v) is 8.16. The van der Waals surface area contributed by atoms with Gasteiger partial charge < -0.3 is 0 Å². The summed E-state index contributed by atoms with van der Waals surface area (Å²) in [5.74, 6) is -0.767. The Morgan fingerprint density at radius 2 is 1.68 bits per heavy atom. The van der Waals surface area contributed by atoms with Gasteiger partial charge in [-0.25, -0.2) is 12.8 Å². The van der Waals surface area contributed by atoms with Crippen LogP contribution in [0.4, 0.5) is 10.1 Å². The summed E-state index contributed by atoms with van der Waals surface area (Å²) >= 11 is 1.41. The molecule has 0 bridgehead atoms. The Morgan fingerprint density at radius 1 is 1.05 bits per heavy atom. The lowest BCUT2D eigenvalue weighted by molar-refractivity contribution is 0.570. The molecule has 0 aromatic heterocycles. The van der Waals surface area contributed by atoms with E-state index in [4.69, 9.17) is 0 Å². The first-order chi connectivity index (χ1) is 9.04. The molecule has 2 aromatic carbocycles. The Morgan fingerprint density at radius 3 is 2.37 bits per heavy atom. The summed E-state index contributed by atoms with van der Waals surface area (Å²) in [7, 11) is -3.91. The smallest absolute Gasteiger partial charge is 0.264 e. The minimum Gasteiger partial charge on any atom is -0.278 e. The predicted molar refractivity (Wildman–Crippen MR) is 75.4 cm³/mol. The summed E-state index contributed by atoms with van der Waals surface area (Å²) in [5.41, 5.74) is 0.443. The minimum atomic E-state index is -3.91. The number of hydrogen-bond acceptors (Lipinski definition) is 3. The first kappa shape index (κ1) is 13.9.